The second kappa shape index (κ2) is 6.10. The van der Waals surface area contributed by atoms with Crippen LogP contribution in [0.15, 0.2) is 22.6 Å². The van der Waals surface area contributed by atoms with Crippen molar-refractivity contribution in [2.24, 2.45) is 5.41 Å². The molecule has 0 radical (unpaired) electrons. The number of rotatable bonds is 2. The van der Waals surface area contributed by atoms with E-state index in [4.69, 9.17) is 27.6 Å². The Morgan fingerprint density at radius 3 is 2.58 bits per heavy atom. The predicted molar refractivity (Wildman–Crippen MR) is 94.9 cm³/mol. The average molecular weight is 368 g/mol. The Bertz CT molecular complexity index is 791. The minimum absolute atomic E-state index is 0.0729. The molecule has 0 spiro atoms. The van der Waals surface area contributed by atoms with Crippen molar-refractivity contribution in [3.05, 3.63) is 50.9 Å². The highest BCUT2D eigenvalue weighted by molar-refractivity contribution is 6.40. The molecule has 2 N–H and O–H groups in total. The van der Waals surface area contributed by atoms with Gasteiger partial charge in [-0.2, -0.15) is 0 Å². The average Bonchev–Trinajstić information content (AvgIpc) is 2.78. The van der Waals surface area contributed by atoms with Gasteiger partial charge in [-0.05, 0) is 30.9 Å². The first-order chi connectivity index (χ1) is 11.2. The molecule has 128 valence electrons. The number of amides is 1. The lowest BCUT2D eigenvalue weighted by Crippen LogP contribution is -2.24. The number of fused-ring (bicyclic) bond motifs is 1. The van der Waals surface area contributed by atoms with Crippen LogP contribution in [0.2, 0.25) is 10.0 Å². The number of aliphatic hydroxyl groups is 1. The standard InChI is InChI=1S/C18H19Cl2NO3/c1-9-14-12(22)7-18(2,3)8-13(14)24-16(9)17(23)21-15-10(19)5-4-6-11(15)20/h4-6,12,22H,7-8H2,1-3H3,(H,21,23)/t12-/m1/s1. The Balaban J connectivity index is 1.95. The zero-order valence-corrected chi connectivity index (χ0v) is 15.3. The van der Waals surface area contributed by atoms with Crippen LogP contribution in [-0.2, 0) is 6.42 Å². The van der Waals surface area contributed by atoms with Crippen LogP contribution < -0.4 is 5.32 Å². The molecule has 24 heavy (non-hydrogen) atoms. The first kappa shape index (κ1) is 17.3. The fourth-order valence-electron chi connectivity index (χ4n) is 3.29. The molecule has 1 aromatic carbocycles. The number of anilines is 1. The molecule has 1 amide bonds. The normalized spacial score (nSPS) is 19.0. The maximum Gasteiger partial charge on any atom is 0.291 e. The molecule has 6 heteroatoms. The summed E-state index contributed by atoms with van der Waals surface area (Å²) in [6.45, 7) is 5.92. The van der Waals surface area contributed by atoms with Crippen molar-refractivity contribution in [2.75, 3.05) is 5.32 Å². The van der Waals surface area contributed by atoms with E-state index in [1.165, 1.54) is 0 Å². The Labute approximate surface area is 150 Å². The summed E-state index contributed by atoms with van der Waals surface area (Å²) in [6, 6.07) is 5.00. The molecule has 0 unspecified atom stereocenters. The largest absolute Gasteiger partial charge is 0.455 e. The Morgan fingerprint density at radius 2 is 1.96 bits per heavy atom. The van der Waals surface area contributed by atoms with Crippen molar-refractivity contribution in [1.82, 2.24) is 0 Å². The van der Waals surface area contributed by atoms with E-state index < -0.39 is 12.0 Å². The quantitative estimate of drug-likeness (QED) is 0.770. The minimum atomic E-state index is -0.627. The zero-order valence-electron chi connectivity index (χ0n) is 13.7. The third kappa shape index (κ3) is 3.06. The number of hydrogen-bond donors (Lipinski definition) is 2. The lowest BCUT2D eigenvalue weighted by molar-refractivity contribution is 0.0910. The fourth-order valence-corrected chi connectivity index (χ4v) is 3.78. The molecule has 1 aliphatic rings. The van der Waals surface area contributed by atoms with Gasteiger partial charge in [-0.25, -0.2) is 0 Å². The fraction of sp³-hybridized carbons (Fsp3) is 0.389. The van der Waals surface area contributed by atoms with Crippen molar-refractivity contribution in [3.63, 3.8) is 0 Å². The van der Waals surface area contributed by atoms with Gasteiger partial charge in [-0.15, -0.1) is 0 Å². The molecule has 4 nitrogen and oxygen atoms in total. The molecule has 1 heterocycles. The van der Waals surface area contributed by atoms with E-state index in [0.717, 1.165) is 5.56 Å². The lowest BCUT2D eigenvalue weighted by atomic mass is 9.75. The number of para-hydroxylation sites is 1. The Morgan fingerprint density at radius 1 is 1.33 bits per heavy atom. The van der Waals surface area contributed by atoms with Gasteiger partial charge < -0.3 is 14.8 Å². The van der Waals surface area contributed by atoms with Gasteiger partial charge in [0.15, 0.2) is 5.76 Å². The molecule has 3 rings (SSSR count). The second-order valence-electron chi connectivity index (χ2n) is 7.00. The van der Waals surface area contributed by atoms with Gasteiger partial charge in [0.05, 0.1) is 21.8 Å². The third-order valence-corrected chi connectivity index (χ3v) is 5.03. The molecular weight excluding hydrogens is 349 g/mol. The summed E-state index contributed by atoms with van der Waals surface area (Å²) < 4.78 is 5.80. The highest BCUT2D eigenvalue weighted by Gasteiger charge is 2.37. The van der Waals surface area contributed by atoms with Gasteiger partial charge >= 0.3 is 0 Å². The van der Waals surface area contributed by atoms with E-state index in [1.807, 2.05) is 0 Å². The van der Waals surface area contributed by atoms with Crippen molar-refractivity contribution < 1.29 is 14.3 Å². The van der Waals surface area contributed by atoms with Crippen molar-refractivity contribution in [2.45, 2.75) is 39.7 Å². The summed E-state index contributed by atoms with van der Waals surface area (Å²) in [5, 5.41) is 13.8. The van der Waals surface area contributed by atoms with Crippen LogP contribution in [0.25, 0.3) is 0 Å². The summed E-state index contributed by atoms with van der Waals surface area (Å²) in [6.07, 6.45) is 0.691. The topological polar surface area (TPSA) is 62.5 Å². The molecule has 0 bridgehead atoms. The van der Waals surface area contributed by atoms with E-state index >= 15 is 0 Å². The third-order valence-electron chi connectivity index (χ3n) is 4.40. The van der Waals surface area contributed by atoms with Gasteiger partial charge in [0.1, 0.15) is 5.76 Å². The highest BCUT2D eigenvalue weighted by atomic mass is 35.5. The summed E-state index contributed by atoms with van der Waals surface area (Å²) in [7, 11) is 0. The van der Waals surface area contributed by atoms with Crippen molar-refractivity contribution in [1.29, 1.82) is 0 Å². The molecular formula is C18H19Cl2NO3. The number of furan rings is 1. The molecule has 1 aliphatic carbocycles. The van der Waals surface area contributed by atoms with Gasteiger partial charge in [0.2, 0.25) is 0 Å². The first-order valence-corrected chi connectivity index (χ1v) is 8.51. The Kier molecular flexibility index (Phi) is 4.41. The number of aliphatic hydroxyl groups excluding tert-OH is 1. The summed E-state index contributed by atoms with van der Waals surface area (Å²) in [4.78, 5) is 12.6. The SMILES string of the molecule is Cc1c(C(=O)Nc2c(Cl)cccc2Cl)oc2c1[C@H](O)CC(C)(C)C2. The maximum atomic E-state index is 12.6. The van der Waals surface area contributed by atoms with Gasteiger partial charge in [-0.1, -0.05) is 43.1 Å². The smallest absolute Gasteiger partial charge is 0.291 e. The van der Waals surface area contributed by atoms with E-state index in [2.05, 4.69) is 19.2 Å². The minimum Gasteiger partial charge on any atom is -0.455 e. The van der Waals surface area contributed by atoms with Crippen molar-refractivity contribution in [3.8, 4) is 0 Å². The molecule has 2 aromatic rings. The van der Waals surface area contributed by atoms with Crippen LogP contribution in [0.3, 0.4) is 0 Å². The van der Waals surface area contributed by atoms with Crippen LogP contribution >= 0.6 is 23.2 Å². The molecule has 0 aliphatic heterocycles. The van der Waals surface area contributed by atoms with E-state index in [0.29, 0.717) is 39.9 Å². The molecule has 0 fully saturated rings. The van der Waals surface area contributed by atoms with E-state index in [-0.39, 0.29) is 11.2 Å². The summed E-state index contributed by atoms with van der Waals surface area (Å²) >= 11 is 12.2. The van der Waals surface area contributed by atoms with E-state index in [1.54, 1.807) is 25.1 Å². The molecule has 1 aromatic heterocycles. The number of halogens is 2. The molecule has 1 atom stereocenters. The van der Waals surface area contributed by atoms with Crippen LogP contribution in [0, 0.1) is 12.3 Å². The number of hydrogen-bond acceptors (Lipinski definition) is 3. The Hall–Kier alpha value is -1.49. The monoisotopic (exact) mass is 367 g/mol. The second-order valence-corrected chi connectivity index (χ2v) is 7.82. The van der Waals surface area contributed by atoms with Crippen LogP contribution in [-0.4, -0.2) is 11.0 Å². The number of carbonyl (C=O) groups excluding carboxylic acids is 1. The molecule has 0 saturated heterocycles. The summed E-state index contributed by atoms with van der Waals surface area (Å²) in [5.74, 6) is 0.432. The first-order valence-electron chi connectivity index (χ1n) is 7.75. The van der Waals surface area contributed by atoms with E-state index in [9.17, 15) is 9.90 Å². The predicted octanol–water partition coefficient (Wildman–Crippen LogP) is 5.15. The number of nitrogens with one attached hydrogen (secondary N) is 1. The van der Waals surface area contributed by atoms with Crippen molar-refractivity contribution >= 4 is 34.8 Å². The van der Waals surface area contributed by atoms with Gasteiger partial charge in [0, 0.05) is 17.5 Å². The zero-order chi connectivity index (χ0) is 17.6. The van der Waals surface area contributed by atoms with Crippen LogP contribution in [0.4, 0.5) is 5.69 Å². The van der Waals surface area contributed by atoms with Crippen LogP contribution in [0.1, 0.15) is 53.8 Å². The highest BCUT2D eigenvalue weighted by Crippen LogP contribution is 2.44. The molecule has 0 saturated carbocycles. The maximum absolute atomic E-state index is 12.6. The number of carbonyl (C=O) groups is 1. The summed E-state index contributed by atoms with van der Waals surface area (Å²) in [5.41, 5.74) is 1.66. The van der Waals surface area contributed by atoms with Gasteiger partial charge in [0.25, 0.3) is 5.91 Å². The van der Waals surface area contributed by atoms with Gasteiger partial charge in [-0.3, -0.25) is 4.79 Å². The number of benzene rings is 1. The van der Waals surface area contributed by atoms with Crippen LogP contribution in [0.5, 0.6) is 0 Å². The lowest BCUT2D eigenvalue weighted by Gasteiger charge is -2.31.